The van der Waals surface area contributed by atoms with Gasteiger partial charge in [-0.25, -0.2) is 0 Å². The summed E-state index contributed by atoms with van der Waals surface area (Å²) in [4.78, 5) is 12.3. The molecule has 5 nitrogen and oxygen atoms in total. The van der Waals surface area contributed by atoms with Gasteiger partial charge in [0.1, 0.15) is 5.75 Å². The number of benzene rings is 2. The summed E-state index contributed by atoms with van der Waals surface area (Å²) >= 11 is 0. The molecule has 2 aromatic carbocycles. The Morgan fingerprint density at radius 3 is 2.70 bits per heavy atom. The SMILES string of the molecule is COc1cccc(C(=O)Nc2cccc(-c3cc(C)[nH]n3)c2)c1. The molecule has 3 rings (SSSR count). The van der Waals surface area contributed by atoms with Gasteiger partial charge in [0.2, 0.25) is 0 Å². The van der Waals surface area contributed by atoms with Crippen molar-refractivity contribution in [3.63, 3.8) is 0 Å². The Morgan fingerprint density at radius 1 is 1.13 bits per heavy atom. The summed E-state index contributed by atoms with van der Waals surface area (Å²) < 4.78 is 5.14. The van der Waals surface area contributed by atoms with E-state index in [2.05, 4.69) is 15.5 Å². The van der Waals surface area contributed by atoms with E-state index < -0.39 is 0 Å². The van der Waals surface area contributed by atoms with Gasteiger partial charge in [-0.3, -0.25) is 9.89 Å². The zero-order valence-corrected chi connectivity index (χ0v) is 13.0. The van der Waals surface area contributed by atoms with Crippen molar-refractivity contribution in [3.8, 4) is 17.0 Å². The maximum Gasteiger partial charge on any atom is 0.255 e. The Kier molecular flexibility index (Phi) is 4.10. The minimum atomic E-state index is -0.181. The minimum Gasteiger partial charge on any atom is -0.497 e. The number of hydrogen-bond acceptors (Lipinski definition) is 3. The number of aromatic amines is 1. The number of H-pyrrole nitrogens is 1. The van der Waals surface area contributed by atoms with Crippen molar-refractivity contribution in [1.82, 2.24) is 10.2 Å². The average molecular weight is 307 g/mol. The van der Waals surface area contributed by atoms with Gasteiger partial charge in [-0.05, 0) is 43.3 Å². The molecule has 0 aliphatic carbocycles. The van der Waals surface area contributed by atoms with Crippen LogP contribution in [0.15, 0.2) is 54.6 Å². The Morgan fingerprint density at radius 2 is 1.96 bits per heavy atom. The van der Waals surface area contributed by atoms with Crippen molar-refractivity contribution in [2.45, 2.75) is 6.92 Å². The molecule has 0 saturated carbocycles. The Labute approximate surface area is 134 Å². The predicted octanol–water partition coefficient (Wildman–Crippen LogP) is 3.65. The van der Waals surface area contributed by atoms with Gasteiger partial charge >= 0.3 is 0 Å². The van der Waals surface area contributed by atoms with Crippen molar-refractivity contribution in [3.05, 3.63) is 65.9 Å². The van der Waals surface area contributed by atoms with Crippen LogP contribution in [0.1, 0.15) is 16.1 Å². The van der Waals surface area contributed by atoms with Crippen LogP contribution in [0.5, 0.6) is 5.75 Å². The third-order valence-corrected chi connectivity index (χ3v) is 3.45. The van der Waals surface area contributed by atoms with E-state index in [1.807, 2.05) is 37.3 Å². The number of carbonyl (C=O) groups is 1. The summed E-state index contributed by atoms with van der Waals surface area (Å²) in [6, 6.07) is 16.6. The number of hydrogen-bond donors (Lipinski definition) is 2. The second-order valence-corrected chi connectivity index (χ2v) is 5.20. The number of aromatic nitrogens is 2. The highest BCUT2D eigenvalue weighted by Crippen LogP contribution is 2.22. The number of amides is 1. The molecule has 3 aromatic rings. The van der Waals surface area contributed by atoms with Crippen molar-refractivity contribution in [2.24, 2.45) is 0 Å². The number of rotatable bonds is 4. The first-order valence-electron chi connectivity index (χ1n) is 7.23. The van der Waals surface area contributed by atoms with Crippen LogP contribution in [0.4, 0.5) is 5.69 Å². The molecule has 1 aromatic heterocycles. The average Bonchev–Trinajstić information content (AvgIpc) is 3.02. The molecule has 0 spiro atoms. The smallest absolute Gasteiger partial charge is 0.255 e. The Balaban J connectivity index is 1.81. The number of carbonyl (C=O) groups excluding carboxylic acids is 1. The van der Waals surface area contributed by atoms with Crippen molar-refractivity contribution < 1.29 is 9.53 Å². The lowest BCUT2D eigenvalue weighted by atomic mass is 10.1. The first kappa shape index (κ1) is 14.8. The summed E-state index contributed by atoms with van der Waals surface area (Å²) in [6.45, 7) is 1.95. The van der Waals surface area contributed by atoms with Gasteiger partial charge in [0.05, 0.1) is 12.8 Å². The van der Waals surface area contributed by atoms with E-state index in [-0.39, 0.29) is 5.91 Å². The minimum absolute atomic E-state index is 0.181. The van der Waals surface area contributed by atoms with Crippen LogP contribution >= 0.6 is 0 Å². The molecule has 1 heterocycles. The van der Waals surface area contributed by atoms with Crippen LogP contribution in [0.2, 0.25) is 0 Å². The van der Waals surface area contributed by atoms with Crippen LogP contribution < -0.4 is 10.1 Å². The molecule has 0 fully saturated rings. The number of nitrogens with zero attached hydrogens (tertiary/aromatic N) is 1. The van der Waals surface area contributed by atoms with E-state index in [0.717, 1.165) is 22.6 Å². The molecule has 1 amide bonds. The lowest BCUT2D eigenvalue weighted by Crippen LogP contribution is -2.11. The topological polar surface area (TPSA) is 67.0 Å². The van der Waals surface area contributed by atoms with Crippen LogP contribution in [0.3, 0.4) is 0 Å². The van der Waals surface area contributed by atoms with Crippen LogP contribution in [-0.4, -0.2) is 23.2 Å². The fourth-order valence-electron chi connectivity index (χ4n) is 2.29. The molecule has 0 saturated heterocycles. The standard InChI is InChI=1S/C18H17N3O2/c1-12-9-17(21-20-12)13-5-3-7-15(10-13)19-18(22)14-6-4-8-16(11-14)23-2/h3-11H,1-2H3,(H,19,22)(H,20,21). The predicted molar refractivity (Wildman–Crippen MR) is 89.7 cm³/mol. The summed E-state index contributed by atoms with van der Waals surface area (Å²) in [5.74, 6) is 0.470. The number of methoxy groups -OCH3 is 1. The van der Waals surface area contributed by atoms with E-state index in [0.29, 0.717) is 11.3 Å². The van der Waals surface area contributed by atoms with Crippen molar-refractivity contribution in [1.29, 1.82) is 0 Å². The fourth-order valence-corrected chi connectivity index (χ4v) is 2.29. The van der Waals surface area contributed by atoms with Gasteiger partial charge < -0.3 is 10.1 Å². The van der Waals surface area contributed by atoms with Crippen molar-refractivity contribution in [2.75, 3.05) is 12.4 Å². The van der Waals surface area contributed by atoms with E-state index in [4.69, 9.17) is 4.74 Å². The summed E-state index contributed by atoms with van der Waals surface area (Å²) in [7, 11) is 1.58. The monoisotopic (exact) mass is 307 g/mol. The largest absolute Gasteiger partial charge is 0.497 e. The molecule has 0 aliphatic heterocycles. The van der Waals surface area contributed by atoms with Crippen molar-refractivity contribution >= 4 is 11.6 Å². The van der Waals surface area contributed by atoms with Gasteiger partial charge in [-0.1, -0.05) is 18.2 Å². The highest BCUT2D eigenvalue weighted by molar-refractivity contribution is 6.04. The fraction of sp³-hybridized carbons (Fsp3) is 0.111. The molecule has 23 heavy (non-hydrogen) atoms. The first-order valence-corrected chi connectivity index (χ1v) is 7.23. The Bertz CT molecular complexity index is 840. The second kappa shape index (κ2) is 6.36. The zero-order valence-electron chi connectivity index (χ0n) is 13.0. The van der Waals surface area contributed by atoms with Gasteiger partial charge in [0, 0.05) is 22.5 Å². The van der Waals surface area contributed by atoms with Gasteiger partial charge in [0.15, 0.2) is 0 Å². The molecule has 0 bridgehead atoms. The van der Waals surface area contributed by atoms with E-state index in [9.17, 15) is 4.79 Å². The highest BCUT2D eigenvalue weighted by Gasteiger charge is 2.08. The molecule has 0 atom stereocenters. The third kappa shape index (κ3) is 3.40. The molecule has 116 valence electrons. The zero-order chi connectivity index (χ0) is 16.2. The van der Waals surface area contributed by atoms with E-state index >= 15 is 0 Å². The maximum absolute atomic E-state index is 12.3. The summed E-state index contributed by atoms with van der Waals surface area (Å²) in [5, 5.41) is 10.0. The normalized spacial score (nSPS) is 10.3. The molecule has 0 unspecified atom stereocenters. The lowest BCUT2D eigenvalue weighted by molar-refractivity contribution is 0.102. The molecule has 2 N–H and O–H groups in total. The number of aryl methyl sites for hydroxylation is 1. The van der Waals surface area contributed by atoms with Gasteiger partial charge in [0.25, 0.3) is 5.91 Å². The van der Waals surface area contributed by atoms with Crippen LogP contribution in [-0.2, 0) is 0 Å². The molecule has 0 radical (unpaired) electrons. The van der Waals surface area contributed by atoms with Crippen LogP contribution in [0.25, 0.3) is 11.3 Å². The molecular formula is C18H17N3O2. The summed E-state index contributed by atoms with van der Waals surface area (Å²) in [5.41, 5.74) is 4.05. The molecule has 5 heteroatoms. The number of nitrogens with one attached hydrogen (secondary N) is 2. The van der Waals surface area contributed by atoms with Crippen LogP contribution in [0, 0.1) is 6.92 Å². The number of ether oxygens (including phenoxy) is 1. The third-order valence-electron chi connectivity index (χ3n) is 3.45. The second-order valence-electron chi connectivity index (χ2n) is 5.20. The molecule has 0 aliphatic rings. The molecular weight excluding hydrogens is 290 g/mol. The van der Waals surface area contributed by atoms with Gasteiger partial charge in [-0.15, -0.1) is 0 Å². The highest BCUT2D eigenvalue weighted by atomic mass is 16.5. The summed E-state index contributed by atoms with van der Waals surface area (Å²) in [6.07, 6.45) is 0. The maximum atomic E-state index is 12.3. The van der Waals surface area contributed by atoms with E-state index in [1.165, 1.54) is 0 Å². The van der Waals surface area contributed by atoms with E-state index in [1.54, 1.807) is 31.4 Å². The quantitative estimate of drug-likeness (QED) is 0.773. The van der Waals surface area contributed by atoms with Gasteiger partial charge in [-0.2, -0.15) is 5.10 Å². The Hall–Kier alpha value is -3.08. The first-order chi connectivity index (χ1) is 11.2. The number of anilines is 1. The lowest BCUT2D eigenvalue weighted by Gasteiger charge is -2.08.